The van der Waals surface area contributed by atoms with Gasteiger partial charge in [-0.1, -0.05) is 32.4 Å². The number of methoxy groups -OCH3 is 1. The van der Waals surface area contributed by atoms with Crippen molar-refractivity contribution in [1.29, 1.82) is 0 Å². The predicted octanol–water partition coefficient (Wildman–Crippen LogP) is 2.32. The van der Waals surface area contributed by atoms with Gasteiger partial charge in [0.2, 0.25) is 0 Å². The van der Waals surface area contributed by atoms with Gasteiger partial charge in [-0.3, -0.25) is 4.79 Å². The number of halogens is 1. The van der Waals surface area contributed by atoms with E-state index in [4.69, 9.17) is 10.5 Å². The zero-order chi connectivity index (χ0) is 13.7. The van der Waals surface area contributed by atoms with Crippen LogP contribution in [0.5, 0.6) is 5.75 Å². The second kappa shape index (κ2) is 6.50. The van der Waals surface area contributed by atoms with Gasteiger partial charge >= 0.3 is 0 Å². The Hall–Kier alpha value is -1.42. The fourth-order valence-corrected chi connectivity index (χ4v) is 1.73. The number of nitrogens with two attached hydrogens (primary N) is 1. The summed E-state index contributed by atoms with van der Waals surface area (Å²) >= 11 is 0. The van der Waals surface area contributed by atoms with E-state index in [0.717, 1.165) is 6.42 Å². The van der Waals surface area contributed by atoms with Crippen molar-refractivity contribution < 1.29 is 13.9 Å². The van der Waals surface area contributed by atoms with Crippen LogP contribution in [0.1, 0.15) is 25.8 Å². The van der Waals surface area contributed by atoms with Crippen molar-refractivity contribution in [2.24, 2.45) is 11.7 Å². The molecule has 3 nitrogen and oxygen atoms in total. The van der Waals surface area contributed by atoms with Crippen molar-refractivity contribution in [3.8, 4) is 5.75 Å². The molecule has 2 N–H and O–H groups in total. The summed E-state index contributed by atoms with van der Waals surface area (Å²) < 4.78 is 18.7. The third kappa shape index (κ3) is 3.29. The van der Waals surface area contributed by atoms with Gasteiger partial charge in [0, 0.05) is 6.42 Å². The second-order valence-electron chi connectivity index (χ2n) is 4.49. The maximum atomic E-state index is 13.9. The van der Waals surface area contributed by atoms with E-state index in [1.54, 1.807) is 12.1 Å². The normalized spacial score (nSPS) is 14.1. The molecule has 18 heavy (non-hydrogen) atoms. The van der Waals surface area contributed by atoms with E-state index in [0.29, 0.717) is 5.56 Å². The van der Waals surface area contributed by atoms with Crippen LogP contribution in [-0.2, 0) is 11.2 Å². The number of hydrogen-bond acceptors (Lipinski definition) is 3. The largest absolute Gasteiger partial charge is 0.494 e. The van der Waals surface area contributed by atoms with Gasteiger partial charge in [0.1, 0.15) is 0 Å². The lowest BCUT2D eigenvalue weighted by molar-refractivity contribution is -0.120. The molecule has 0 saturated carbocycles. The highest BCUT2D eigenvalue weighted by molar-refractivity contribution is 5.86. The lowest BCUT2D eigenvalue weighted by Crippen LogP contribution is -2.37. The lowest BCUT2D eigenvalue weighted by Gasteiger charge is -2.17. The molecule has 0 aliphatic carbocycles. The maximum absolute atomic E-state index is 13.9. The zero-order valence-electron chi connectivity index (χ0n) is 11.1. The summed E-state index contributed by atoms with van der Waals surface area (Å²) in [4.78, 5) is 11.9. The number of carbonyl (C=O) groups is 1. The van der Waals surface area contributed by atoms with Crippen LogP contribution in [0.25, 0.3) is 0 Å². The summed E-state index contributed by atoms with van der Waals surface area (Å²) in [6.07, 6.45) is 0.835. The van der Waals surface area contributed by atoms with Crippen LogP contribution in [0.15, 0.2) is 18.2 Å². The Bertz CT molecular complexity index is 420. The fraction of sp³-hybridized carbons (Fsp3) is 0.500. The topological polar surface area (TPSA) is 52.3 Å². The van der Waals surface area contributed by atoms with Crippen LogP contribution in [-0.4, -0.2) is 18.9 Å². The van der Waals surface area contributed by atoms with E-state index in [1.165, 1.54) is 13.2 Å². The second-order valence-corrected chi connectivity index (χ2v) is 4.49. The third-order valence-electron chi connectivity index (χ3n) is 3.26. The van der Waals surface area contributed by atoms with Gasteiger partial charge in [0.25, 0.3) is 0 Å². The van der Waals surface area contributed by atoms with E-state index in [-0.39, 0.29) is 23.9 Å². The molecule has 0 radical (unpaired) electrons. The minimum absolute atomic E-state index is 0.00847. The van der Waals surface area contributed by atoms with Crippen LogP contribution < -0.4 is 10.5 Å². The zero-order valence-corrected chi connectivity index (χ0v) is 11.1. The van der Waals surface area contributed by atoms with Crippen molar-refractivity contribution in [2.75, 3.05) is 7.11 Å². The molecule has 100 valence electrons. The van der Waals surface area contributed by atoms with E-state index in [2.05, 4.69) is 0 Å². The number of carbonyl (C=O) groups excluding carboxylic acids is 1. The first kappa shape index (κ1) is 14.6. The summed E-state index contributed by atoms with van der Waals surface area (Å²) in [5, 5.41) is 0. The molecule has 0 saturated heterocycles. The summed E-state index contributed by atoms with van der Waals surface area (Å²) in [6.45, 7) is 3.90. The first-order valence-electron chi connectivity index (χ1n) is 6.10. The molecule has 2 atom stereocenters. The molecular formula is C14H20FNO2. The van der Waals surface area contributed by atoms with Gasteiger partial charge in [-0.15, -0.1) is 0 Å². The number of Topliss-reactive ketones (excluding diaryl/α,β-unsaturated/α-hetero) is 1. The molecule has 0 amide bonds. The predicted molar refractivity (Wildman–Crippen MR) is 69.1 cm³/mol. The highest BCUT2D eigenvalue weighted by atomic mass is 19.1. The molecule has 0 aliphatic rings. The molecular weight excluding hydrogens is 233 g/mol. The number of ketones is 1. The van der Waals surface area contributed by atoms with E-state index < -0.39 is 11.9 Å². The lowest BCUT2D eigenvalue weighted by atomic mass is 9.93. The van der Waals surface area contributed by atoms with E-state index >= 15 is 0 Å². The Morgan fingerprint density at radius 2 is 2.17 bits per heavy atom. The number of ether oxygens (including phenoxy) is 1. The molecule has 0 bridgehead atoms. The van der Waals surface area contributed by atoms with Gasteiger partial charge in [-0.05, 0) is 17.5 Å². The molecule has 0 spiro atoms. The quantitative estimate of drug-likeness (QED) is 0.846. The maximum Gasteiger partial charge on any atom is 0.168 e. The smallest absolute Gasteiger partial charge is 0.168 e. The van der Waals surface area contributed by atoms with Gasteiger partial charge in [0.05, 0.1) is 13.2 Å². The average molecular weight is 253 g/mol. The standard InChI is InChI=1S/C14H20FNO2/c1-4-9(2)14(16)11(17)8-10-6-5-7-12(18-3)13(10)15/h5-7,9,14H,4,8,16H2,1-3H3. The molecule has 0 aliphatic heterocycles. The summed E-state index contributed by atoms with van der Waals surface area (Å²) in [5.74, 6) is -0.371. The van der Waals surface area contributed by atoms with Crippen molar-refractivity contribution in [2.45, 2.75) is 32.7 Å². The van der Waals surface area contributed by atoms with Crippen LogP contribution >= 0.6 is 0 Å². The van der Waals surface area contributed by atoms with E-state index in [1.807, 2.05) is 13.8 Å². The minimum Gasteiger partial charge on any atom is -0.494 e. The SMILES string of the molecule is CCC(C)C(N)C(=O)Cc1cccc(OC)c1F. The number of rotatable bonds is 6. The molecule has 1 aromatic rings. The monoisotopic (exact) mass is 253 g/mol. The van der Waals surface area contributed by atoms with Gasteiger partial charge in [-0.25, -0.2) is 4.39 Å². The van der Waals surface area contributed by atoms with Gasteiger partial charge in [0.15, 0.2) is 17.3 Å². The number of hydrogen-bond donors (Lipinski definition) is 1. The summed E-state index contributed by atoms with van der Waals surface area (Å²) in [6, 6.07) is 4.23. The Morgan fingerprint density at radius 3 is 2.72 bits per heavy atom. The Balaban J connectivity index is 2.82. The molecule has 0 fully saturated rings. The van der Waals surface area contributed by atoms with Crippen molar-refractivity contribution >= 4 is 5.78 Å². The van der Waals surface area contributed by atoms with E-state index in [9.17, 15) is 9.18 Å². The van der Waals surface area contributed by atoms with Gasteiger partial charge in [-0.2, -0.15) is 0 Å². The first-order chi connectivity index (χ1) is 8.51. The molecule has 1 rings (SSSR count). The Kier molecular flexibility index (Phi) is 5.28. The van der Waals surface area contributed by atoms with Crippen LogP contribution in [0, 0.1) is 11.7 Å². The molecule has 4 heteroatoms. The number of benzene rings is 1. The highest BCUT2D eigenvalue weighted by Gasteiger charge is 2.21. The Labute approximate surface area is 107 Å². The fourth-order valence-electron chi connectivity index (χ4n) is 1.73. The first-order valence-corrected chi connectivity index (χ1v) is 6.10. The van der Waals surface area contributed by atoms with Crippen molar-refractivity contribution in [3.63, 3.8) is 0 Å². The van der Waals surface area contributed by atoms with Crippen molar-refractivity contribution in [1.82, 2.24) is 0 Å². The Morgan fingerprint density at radius 1 is 1.50 bits per heavy atom. The minimum atomic E-state index is -0.541. The molecule has 0 heterocycles. The summed E-state index contributed by atoms with van der Waals surface area (Å²) in [7, 11) is 1.40. The summed E-state index contributed by atoms with van der Waals surface area (Å²) in [5.41, 5.74) is 6.17. The highest BCUT2D eigenvalue weighted by Crippen LogP contribution is 2.21. The molecule has 0 aromatic heterocycles. The van der Waals surface area contributed by atoms with Gasteiger partial charge < -0.3 is 10.5 Å². The van der Waals surface area contributed by atoms with Crippen LogP contribution in [0.4, 0.5) is 4.39 Å². The average Bonchev–Trinajstić information content (AvgIpc) is 2.39. The molecule has 1 aromatic carbocycles. The third-order valence-corrected chi connectivity index (χ3v) is 3.26. The van der Waals surface area contributed by atoms with Crippen LogP contribution in [0.3, 0.4) is 0 Å². The van der Waals surface area contributed by atoms with Crippen LogP contribution in [0.2, 0.25) is 0 Å². The van der Waals surface area contributed by atoms with Crippen molar-refractivity contribution in [3.05, 3.63) is 29.6 Å². The molecule has 2 unspecified atom stereocenters.